The zero-order chi connectivity index (χ0) is 17.1. The fraction of sp³-hybridized carbons (Fsp3) is 0.682. The number of likely N-dealkylation sites (tertiary alicyclic amines) is 1. The van der Waals surface area contributed by atoms with Crippen molar-refractivity contribution in [2.75, 3.05) is 13.1 Å². The van der Waals surface area contributed by atoms with Gasteiger partial charge in [-0.05, 0) is 56.2 Å². The van der Waals surface area contributed by atoms with E-state index in [2.05, 4.69) is 56.0 Å². The summed E-state index contributed by atoms with van der Waals surface area (Å²) in [7, 11) is 0. The molecule has 1 saturated carbocycles. The second-order valence-electron chi connectivity index (χ2n) is 8.29. The lowest BCUT2D eigenvalue weighted by Crippen LogP contribution is -2.46. The summed E-state index contributed by atoms with van der Waals surface area (Å²) in [6.45, 7) is 9.02. The first-order valence-corrected chi connectivity index (χ1v) is 9.92. The molecular weight excluding hydrogens is 294 g/mol. The monoisotopic (exact) mass is 327 g/mol. The van der Waals surface area contributed by atoms with Crippen molar-refractivity contribution in [2.45, 2.75) is 58.9 Å². The second kappa shape index (κ2) is 7.82. The summed E-state index contributed by atoms with van der Waals surface area (Å²) < 4.78 is 0. The van der Waals surface area contributed by atoms with Crippen LogP contribution in [0.1, 0.15) is 64.5 Å². The molecule has 2 nitrogen and oxygen atoms in total. The SMILES string of the molecule is CC(C)[C@@H]1CC[C@@H](C)[C@@H]([C@@H](c2ccccc2)N2CCCCC2)C1=O. The van der Waals surface area contributed by atoms with Crippen molar-refractivity contribution in [3.05, 3.63) is 35.9 Å². The predicted molar refractivity (Wildman–Crippen MR) is 99.8 cm³/mol. The van der Waals surface area contributed by atoms with E-state index in [1.807, 2.05) is 0 Å². The molecule has 0 unspecified atom stereocenters. The summed E-state index contributed by atoms with van der Waals surface area (Å²) in [5, 5.41) is 0. The number of rotatable bonds is 4. The zero-order valence-corrected chi connectivity index (χ0v) is 15.6. The molecule has 0 bridgehead atoms. The molecule has 1 saturated heterocycles. The van der Waals surface area contributed by atoms with E-state index in [1.54, 1.807) is 0 Å². The molecule has 2 fully saturated rings. The minimum Gasteiger partial charge on any atom is -0.299 e. The highest BCUT2D eigenvalue weighted by atomic mass is 16.1. The maximum Gasteiger partial charge on any atom is 0.141 e. The van der Waals surface area contributed by atoms with Crippen molar-refractivity contribution in [2.24, 2.45) is 23.7 Å². The van der Waals surface area contributed by atoms with E-state index in [0.29, 0.717) is 17.6 Å². The smallest absolute Gasteiger partial charge is 0.141 e. The average Bonchev–Trinajstić information content (AvgIpc) is 2.59. The highest BCUT2D eigenvalue weighted by Crippen LogP contribution is 2.44. The maximum atomic E-state index is 13.4. The maximum absolute atomic E-state index is 13.4. The van der Waals surface area contributed by atoms with Gasteiger partial charge < -0.3 is 0 Å². The molecule has 1 heterocycles. The van der Waals surface area contributed by atoms with Gasteiger partial charge in [-0.3, -0.25) is 9.69 Å². The Hall–Kier alpha value is -1.15. The van der Waals surface area contributed by atoms with Gasteiger partial charge in [0.2, 0.25) is 0 Å². The molecule has 0 amide bonds. The van der Waals surface area contributed by atoms with E-state index in [1.165, 1.54) is 31.2 Å². The fourth-order valence-electron chi connectivity index (χ4n) is 4.91. The average molecular weight is 328 g/mol. The van der Waals surface area contributed by atoms with Gasteiger partial charge in [-0.2, -0.15) is 0 Å². The molecule has 0 aromatic heterocycles. The lowest BCUT2D eigenvalue weighted by atomic mass is 9.66. The molecule has 1 aliphatic carbocycles. The molecule has 3 rings (SSSR count). The number of hydrogen-bond donors (Lipinski definition) is 0. The Bertz CT molecular complexity index is 532. The predicted octanol–water partition coefficient (Wildman–Crippen LogP) is 5.10. The van der Waals surface area contributed by atoms with E-state index in [0.717, 1.165) is 19.5 Å². The third-order valence-corrected chi connectivity index (χ3v) is 6.31. The van der Waals surface area contributed by atoms with Gasteiger partial charge in [-0.1, -0.05) is 57.5 Å². The van der Waals surface area contributed by atoms with Crippen LogP contribution in [0, 0.1) is 23.7 Å². The van der Waals surface area contributed by atoms with Crippen molar-refractivity contribution in [1.82, 2.24) is 4.90 Å². The molecule has 132 valence electrons. The Morgan fingerprint density at radius 2 is 1.67 bits per heavy atom. The third kappa shape index (κ3) is 3.59. The van der Waals surface area contributed by atoms with Crippen LogP contribution < -0.4 is 0 Å². The van der Waals surface area contributed by atoms with Crippen LogP contribution in [0.5, 0.6) is 0 Å². The first-order chi connectivity index (χ1) is 11.6. The second-order valence-corrected chi connectivity index (χ2v) is 8.29. The molecule has 24 heavy (non-hydrogen) atoms. The van der Waals surface area contributed by atoms with Gasteiger partial charge in [0.25, 0.3) is 0 Å². The number of nitrogens with zero attached hydrogens (tertiary/aromatic N) is 1. The Morgan fingerprint density at radius 1 is 1.00 bits per heavy atom. The van der Waals surface area contributed by atoms with Gasteiger partial charge in [0.05, 0.1) is 0 Å². The van der Waals surface area contributed by atoms with Gasteiger partial charge in [0.15, 0.2) is 0 Å². The fourth-order valence-corrected chi connectivity index (χ4v) is 4.91. The van der Waals surface area contributed by atoms with Crippen molar-refractivity contribution >= 4 is 5.78 Å². The summed E-state index contributed by atoms with van der Waals surface area (Å²) in [5.41, 5.74) is 1.34. The Kier molecular flexibility index (Phi) is 5.76. The highest BCUT2D eigenvalue weighted by Gasteiger charge is 2.44. The molecular formula is C22H33NO. The molecule has 2 aliphatic rings. The van der Waals surface area contributed by atoms with Crippen molar-refractivity contribution in [1.29, 1.82) is 0 Å². The Balaban J connectivity index is 1.95. The van der Waals surface area contributed by atoms with Crippen LogP contribution in [0.2, 0.25) is 0 Å². The Labute approximate surface area is 147 Å². The Morgan fingerprint density at radius 3 is 2.29 bits per heavy atom. The lowest BCUT2D eigenvalue weighted by Gasteiger charge is -2.45. The molecule has 2 heteroatoms. The van der Waals surface area contributed by atoms with Crippen LogP contribution in [0.25, 0.3) is 0 Å². The van der Waals surface area contributed by atoms with Gasteiger partial charge in [0, 0.05) is 17.9 Å². The highest BCUT2D eigenvalue weighted by molar-refractivity contribution is 5.85. The van der Waals surface area contributed by atoms with Gasteiger partial charge in [0.1, 0.15) is 5.78 Å². The molecule has 1 aromatic carbocycles. The topological polar surface area (TPSA) is 20.3 Å². The third-order valence-electron chi connectivity index (χ3n) is 6.31. The number of carbonyl (C=O) groups excluding carboxylic acids is 1. The molecule has 0 radical (unpaired) electrons. The summed E-state index contributed by atoms with van der Waals surface area (Å²) in [6, 6.07) is 11.1. The van der Waals surface area contributed by atoms with E-state index < -0.39 is 0 Å². The van der Waals surface area contributed by atoms with E-state index in [9.17, 15) is 4.79 Å². The van der Waals surface area contributed by atoms with Crippen molar-refractivity contribution in [3.8, 4) is 0 Å². The van der Waals surface area contributed by atoms with Crippen molar-refractivity contribution in [3.63, 3.8) is 0 Å². The molecule has 0 spiro atoms. The number of ketones is 1. The van der Waals surface area contributed by atoms with Gasteiger partial charge >= 0.3 is 0 Å². The quantitative estimate of drug-likeness (QED) is 0.766. The number of Topliss-reactive ketones (excluding diaryl/α,β-unsaturated/α-hetero) is 1. The molecule has 1 aliphatic heterocycles. The number of benzene rings is 1. The largest absolute Gasteiger partial charge is 0.299 e. The van der Waals surface area contributed by atoms with Gasteiger partial charge in [-0.15, -0.1) is 0 Å². The summed E-state index contributed by atoms with van der Waals surface area (Å²) in [5.74, 6) is 1.89. The molecule has 4 atom stereocenters. The first kappa shape index (κ1) is 17.7. The van der Waals surface area contributed by atoms with Crippen molar-refractivity contribution < 1.29 is 4.79 Å². The van der Waals surface area contributed by atoms with Crippen LogP contribution in [0.3, 0.4) is 0 Å². The normalized spacial score (nSPS) is 30.5. The lowest BCUT2D eigenvalue weighted by molar-refractivity contribution is -0.136. The summed E-state index contributed by atoms with van der Waals surface area (Å²) in [6.07, 6.45) is 6.14. The zero-order valence-electron chi connectivity index (χ0n) is 15.6. The van der Waals surface area contributed by atoms with E-state index >= 15 is 0 Å². The number of carbonyl (C=O) groups is 1. The van der Waals surface area contributed by atoms with Crippen LogP contribution in [0.15, 0.2) is 30.3 Å². The minimum absolute atomic E-state index is 0.159. The van der Waals surface area contributed by atoms with Gasteiger partial charge in [-0.25, -0.2) is 0 Å². The van der Waals surface area contributed by atoms with E-state index in [-0.39, 0.29) is 17.9 Å². The summed E-state index contributed by atoms with van der Waals surface area (Å²) in [4.78, 5) is 16.0. The molecule has 1 aromatic rings. The standard InChI is InChI=1S/C22H33NO/c1-16(2)19-13-12-17(3)20(22(19)24)21(18-10-6-4-7-11-18)23-14-8-5-9-15-23/h4,6-7,10-11,16-17,19-21H,5,8-9,12-15H2,1-3H3/t17-,19+,20+,21-/m1/s1. The minimum atomic E-state index is 0.159. The summed E-state index contributed by atoms with van der Waals surface area (Å²) >= 11 is 0. The van der Waals surface area contributed by atoms with Crippen LogP contribution in [-0.4, -0.2) is 23.8 Å². The molecule has 0 N–H and O–H groups in total. The van der Waals surface area contributed by atoms with Crippen LogP contribution in [0.4, 0.5) is 0 Å². The van der Waals surface area contributed by atoms with Crippen LogP contribution >= 0.6 is 0 Å². The first-order valence-electron chi connectivity index (χ1n) is 9.92. The number of hydrogen-bond acceptors (Lipinski definition) is 2. The number of piperidine rings is 1. The van der Waals surface area contributed by atoms with E-state index in [4.69, 9.17) is 0 Å². The van der Waals surface area contributed by atoms with Crippen LogP contribution in [-0.2, 0) is 4.79 Å².